The Morgan fingerprint density at radius 1 is 1.14 bits per heavy atom. The van der Waals surface area contributed by atoms with Gasteiger partial charge in [0.2, 0.25) is 11.8 Å². The maximum absolute atomic E-state index is 13.7. The van der Waals surface area contributed by atoms with E-state index in [4.69, 9.17) is 10.5 Å². The Morgan fingerprint density at radius 2 is 1.80 bits per heavy atom. The fraction of sp³-hybridized carbons (Fsp3) is 0.920. The van der Waals surface area contributed by atoms with Crippen LogP contribution in [0.2, 0.25) is 0 Å². The average molecular weight is 518 g/mol. The van der Waals surface area contributed by atoms with Crippen molar-refractivity contribution in [2.45, 2.75) is 115 Å². The van der Waals surface area contributed by atoms with Gasteiger partial charge in [-0.05, 0) is 36.9 Å². The molecular weight excluding hydrogens is 470 g/mol. The number of carbonyl (C=O) groups is 2. The number of nitrogens with two attached hydrogens (primary N) is 1. The molecular formula is C25H47N3O6S. The molecule has 10 heteroatoms. The number of aliphatic hydroxyl groups excluding tert-OH is 3. The first-order valence-corrected chi connectivity index (χ1v) is 14.4. The van der Waals surface area contributed by atoms with Gasteiger partial charge in [0, 0.05) is 6.54 Å². The molecule has 2 aliphatic heterocycles. The minimum atomic E-state index is -1.39. The molecule has 2 saturated heterocycles. The lowest BCUT2D eigenvalue weighted by Gasteiger charge is -2.45. The number of hydrogen-bond donors (Lipinski definition) is 5. The molecule has 2 aliphatic rings. The minimum Gasteiger partial charge on any atom is -0.388 e. The summed E-state index contributed by atoms with van der Waals surface area (Å²) < 4.78 is 5.95. The first-order valence-electron chi connectivity index (χ1n) is 13.1. The number of aliphatic hydroxyl groups is 3. The molecule has 0 saturated carbocycles. The molecule has 0 aromatic rings. The second kappa shape index (κ2) is 13.6. The molecule has 6 N–H and O–H groups in total. The number of thioether (sulfide) groups is 1. The van der Waals surface area contributed by atoms with Gasteiger partial charge in [-0.3, -0.25) is 9.59 Å². The van der Waals surface area contributed by atoms with E-state index in [1.807, 2.05) is 27.7 Å². The molecule has 204 valence electrons. The third kappa shape index (κ3) is 7.11. The zero-order valence-corrected chi connectivity index (χ0v) is 22.9. The van der Waals surface area contributed by atoms with E-state index in [0.29, 0.717) is 18.9 Å². The highest BCUT2D eigenvalue weighted by Gasteiger charge is 2.48. The number of ether oxygens (including phenoxy) is 1. The molecule has 0 radical (unpaired) electrons. The smallest absolute Gasteiger partial charge is 0.243 e. The first kappa shape index (κ1) is 30.3. The SMILES string of the molecule is CCC[C@@H]1CCN(C(=O)[C@@H](N)C(C)CC)[C@H](C(=O)N[C@H](C(C)C)[C@H]2O[C@H](SC)[C@H](O)[C@@H](O)[C@H]2O)C1. The molecule has 2 amide bonds. The Kier molecular flexibility index (Phi) is 11.8. The first-order chi connectivity index (χ1) is 16.5. The molecule has 0 aliphatic carbocycles. The average Bonchev–Trinajstić information content (AvgIpc) is 2.84. The normalized spacial score (nSPS) is 34.4. The van der Waals surface area contributed by atoms with Crippen molar-refractivity contribution < 1.29 is 29.6 Å². The number of likely N-dealkylation sites (tertiary alicyclic amines) is 1. The number of piperidine rings is 1. The monoisotopic (exact) mass is 517 g/mol. The van der Waals surface area contributed by atoms with Crippen LogP contribution in [0.1, 0.15) is 66.7 Å². The highest BCUT2D eigenvalue weighted by atomic mass is 32.2. The van der Waals surface area contributed by atoms with Crippen LogP contribution in [0.15, 0.2) is 0 Å². The van der Waals surface area contributed by atoms with Crippen LogP contribution >= 0.6 is 11.8 Å². The number of nitrogens with one attached hydrogen (secondary N) is 1. The molecule has 35 heavy (non-hydrogen) atoms. The van der Waals surface area contributed by atoms with Gasteiger partial charge in [0.15, 0.2) is 0 Å². The number of hydrogen-bond acceptors (Lipinski definition) is 8. The van der Waals surface area contributed by atoms with Gasteiger partial charge in [0.1, 0.15) is 35.9 Å². The molecule has 2 rings (SSSR count). The van der Waals surface area contributed by atoms with E-state index in [1.54, 1.807) is 11.2 Å². The van der Waals surface area contributed by atoms with E-state index < -0.39 is 48.0 Å². The second-order valence-electron chi connectivity index (χ2n) is 10.6. The summed E-state index contributed by atoms with van der Waals surface area (Å²) in [4.78, 5) is 28.6. The van der Waals surface area contributed by atoms with Gasteiger partial charge in [-0.1, -0.05) is 53.9 Å². The standard InChI is InChI=1S/C25H47N3O6S/c1-7-9-15-10-11-28(24(33)17(26)14(5)8-2)16(12-15)23(32)27-18(13(3)4)22-20(30)19(29)21(31)25(34-22)35-6/h13-22,25,29-31H,7-12,26H2,1-6H3,(H,27,32)/t14?,15-,16+,17+,18-,19+,20-,21-,22-,25-/m1/s1. The summed E-state index contributed by atoms with van der Waals surface area (Å²) in [6, 6.07) is -1.95. The molecule has 2 fully saturated rings. The van der Waals surface area contributed by atoms with Crippen molar-refractivity contribution >= 4 is 23.6 Å². The maximum atomic E-state index is 13.7. The lowest BCUT2D eigenvalue weighted by Crippen LogP contribution is -2.65. The van der Waals surface area contributed by atoms with Gasteiger partial charge in [-0.25, -0.2) is 0 Å². The van der Waals surface area contributed by atoms with E-state index in [1.165, 1.54) is 11.8 Å². The van der Waals surface area contributed by atoms with E-state index in [-0.39, 0.29) is 23.7 Å². The van der Waals surface area contributed by atoms with Gasteiger partial charge in [-0.15, -0.1) is 11.8 Å². The van der Waals surface area contributed by atoms with Crippen LogP contribution in [0, 0.1) is 17.8 Å². The Hall–Kier alpha value is -0.910. The summed E-state index contributed by atoms with van der Waals surface area (Å²) in [5, 5.41) is 34.4. The Morgan fingerprint density at radius 3 is 2.34 bits per heavy atom. The fourth-order valence-electron chi connectivity index (χ4n) is 5.16. The van der Waals surface area contributed by atoms with E-state index >= 15 is 0 Å². The summed E-state index contributed by atoms with van der Waals surface area (Å²) in [6.07, 6.45) is 1.02. The largest absolute Gasteiger partial charge is 0.388 e. The number of rotatable bonds is 10. The van der Waals surface area contributed by atoms with Crippen molar-refractivity contribution in [3.05, 3.63) is 0 Å². The summed E-state index contributed by atoms with van der Waals surface area (Å²) >= 11 is 1.23. The number of amides is 2. The molecule has 10 atom stereocenters. The number of nitrogens with zero attached hydrogens (tertiary/aromatic N) is 1. The van der Waals surface area contributed by atoms with E-state index in [9.17, 15) is 24.9 Å². The van der Waals surface area contributed by atoms with Gasteiger partial charge < -0.3 is 36.0 Å². The van der Waals surface area contributed by atoms with Crippen LogP contribution in [0.4, 0.5) is 0 Å². The summed E-state index contributed by atoms with van der Waals surface area (Å²) in [5.41, 5.74) is 5.54. The molecule has 0 bridgehead atoms. The van der Waals surface area contributed by atoms with Crippen molar-refractivity contribution in [1.29, 1.82) is 0 Å². The van der Waals surface area contributed by atoms with Crippen LogP contribution in [-0.2, 0) is 14.3 Å². The molecule has 9 nitrogen and oxygen atoms in total. The predicted molar refractivity (Wildman–Crippen MR) is 138 cm³/mol. The molecule has 0 aromatic carbocycles. The lowest BCUT2D eigenvalue weighted by atomic mass is 9.85. The van der Waals surface area contributed by atoms with Crippen molar-refractivity contribution in [3.63, 3.8) is 0 Å². The topological polar surface area (TPSA) is 145 Å². The fourth-order valence-corrected chi connectivity index (χ4v) is 5.84. The Balaban J connectivity index is 2.27. The van der Waals surface area contributed by atoms with Gasteiger partial charge in [0.25, 0.3) is 0 Å². The van der Waals surface area contributed by atoms with E-state index in [2.05, 4.69) is 12.2 Å². The molecule has 0 aromatic heterocycles. The van der Waals surface area contributed by atoms with Gasteiger partial charge in [0.05, 0.1) is 12.1 Å². The van der Waals surface area contributed by atoms with Crippen LogP contribution in [0.25, 0.3) is 0 Å². The van der Waals surface area contributed by atoms with Gasteiger partial charge >= 0.3 is 0 Å². The van der Waals surface area contributed by atoms with Crippen molar-refractivity contribution in [2.24, 2.45) is 23.5 Å². The Bertz CT molecular complexity index is 696. The summed E-state index contributed by atoms with van der Waals surface area (Å²) in [7, 11) is 0. The molecule has 0 spiro atoms. The lowest BCUT2D eigenvalue weighted by molar-refractivity contribution is -0.208. The summed E-state index contributed by atoms with van der Waals surface area (Å²) in [5.74, 6) is -0.293. The summed E-state index contributed by atoms with van der Waals surface area (Å²) in [6.45, 7) is 10.3. The third-order valence-corrected chi connectivity index (χ3v) is 8.61. The van der Waals surface area contributed by atoms with Crippen LogP contribution in [0.5, 0.6) is 0 Å². The zero-order valence-electron chi connectivity index (χ0n) is 22.1. The van der Waals surface area contributed by atoms with Crippen molar-refractivity contribution in [3.8, 4) is 0 Å². The van der Waals surface area contributed by atoms with Crippen LogP contribution < -0.4 is 11.1 Å². The zero-order chi connectivity index (χ0) is 26.4. The quantitative estimate of drug-likeness (QED) is 0.289. The van der Waals surface area contributed by atoms with E-state index in [0.717, 1.165) is 25.7 Å². The van der Waals surface area contributed by atoms with Crippen molar-refractivity contribution in [1.82, 2.24) is 10.2 Å². The number of carbonyl (C=O) groups excluding carboxylic acids is 2. The predicted octanol–water partition coefficient (Wildman–Crippen LogP) is 1.08. The highest BCUT2D eigenvalue weighted by Crippen LogP contribution is 2.32. The maximum Gasteiger partial charge on any atom is 0.243 e. The molecule has 2 heterocycles. The highest BCUT2D eigenvalue weighted by molar-refractivity contribution is 7.99. The van der Waals surface area contributed by atoms with Crippen molar-refractivity contribution in [2.75, 3.05) is 12.8 Å². The molecule has 1 unspecified atom stereocenters. The van der Waals surface area contributed by atoms with Crippen LogP contribution in [-0.4, -0.2) is 92.8 Å². The third-order valence-electron chi connectivity index (χ3n) is 7.76. The second-order valence-corrected chi connectivity index (χ2v) is 11.5. The van der Waals surface area contributed by atoms with Gasteiger partial charge in [-0.2, -0.15) is 0 Å². The Labute approximate surface area is 214 Å². The minimum absolute atomic E-state index is 0.00478. The van der Waals surface area contributed by atoms with Crippen LogP contribution in [0.3, 0.4) is 0 Å².